The summed E-state index contributed by atoms with van der Waals surface area (Å²) < 4.78 is 39.2. The van der Waals surface area contributed by atoms with Gasteiger partial charge in [-0.2, -0.15) is 0 Å². The fourth-order valence-electron chi connectivity index (χ4n) is 6.43. The molecule has 0 amide bonds. The van der Waals surface area contributed by atoms with Crippen molar-refractivity contribution in [2.75, 3.05) is 26.4 Å². The maximum Gasteiger partial charge on any atom is 0.472 e. The van der Waals surface area contributed by atoms with Crippen LogP contribution in [0, 0.1) is 0 Å². The van der Waals surface area contributed by atoms with E-state index in [9.17, 15) is 28.9 Å². The lowest BCUT2D eigenvalue weighted by atomic mass is 10.1. The average Bonchev–Trinajstić information content (AvgIpc) is 3.25. The largest absolute Gasteiger partial charge is 0.472 e. The second kappa shape index (κ2) is 45.0. The van der Waals surface area contributed by atoms with Gasteiger partial charge < -0.3 is 24.2 Å². The van der Waals surface area contributed by atoms with Crippen molar-refractivity contribution < 1.29 is 52.2 Å². The summed E-state index contributed by atoms with van der Waals surface area (Å²) in [6, 6.07) is 0. The predicted octanol–water partition coefficient (Wildman–Crippen LogP) is 13.5. The van der Waals surface area contributed by atoms with Gasteiger partial charge in [0.1, 0.15) is 12.7 Å². The normalized spacial score (nSPS) is 14.0. The van der Waals surface area contributed by atoms with Gasteiger partial charge in [0.05, 0.1) is 19.8 Å². The lowest BCUT2D eigenvalue weighted by Crippen LogP contribution is -2.30. The molecule has 62 heavy (non-hydrogen) atoms. The summed E-state index contributed by atoms with van der Waals surface area (Å²) in [6.45, 7) is 4.44. The molecule has 12 heteroatoms. The number of hydrogen-bond acceptors (Lipinski definition) is 10. The van der Waals surface area contributed by atoms with Crippen LogP contribution in [0.1, 0.15) is 213 Å². The monoisotopic (exact) mass is 897 g/mol. The number of carbonyl (C=O) groups excluding carboxylic acids is 3. The van der Waals surface area contributed by atoms with Gasteiger partial charge in [-0.15, -0.1) is 0 Å². The number of hydrogen-bond donors (Lipinski definition) is 2. The molecular weight excluding hydrogens is 808 g/mol. The van der Waals surface area contributed by atoms with Gasteiger partial charge in [0.25, 0.3) is 0 Å². The molecule has 0 aliphatic carbocycles. The SMILES string of the molecule is CCC/C=C\C/C=C\CCCCCCCC(=O)OCC(COP(=O)(O)OCC(CO)OC(=O)CCCCCCCCCCC)OC(=O)CCCCCCC/C=C\C/C=C\CCC. The van der Waals surface area contributed by atoms with Gasteiger partial charge >= 0.3 is 25.7 Å². The van der Waals surface area contributed by atoms with Gasteiger partial charge in [-0.25, -0.2) is 4.57 Å². The highest BCUT2D eigenvalue weighted by Crippen LogP contribution is 2.43. The number of unbranched alkanes of at least 4 members (excludes halogenated alkanes) is 20. The first-order valence-corrected chi connectivity index (χ1v) is 26.0. The van der Waals surface area contributed by atoms with Crippen molar-refractivity contribution in [2.24, 2.45) is 0 Å². The fraction of sp³-hybridized carbons (Fsp3) is 0.780. The third-order valence-electron chi connectivity index (χ3n) is 10.2. The molecule has 2 N–H and O–H groups in total. The molecule has 11 nitrogen and oxygen atoms in total. The summed E-state index contributed by atoms with van der Waals surface area (Å²) in [5, 5.41) is 9.72. The van der Waals surface area contributed by atoms with Crippen molar-refractivity contribution in [3.05, 3.63) is 48.6 Å². The molecule has 0 aliphatic rings. The number of aliphatic hydroxyl groups is 1. The van der Waals surface area contributed by atoms with Crippen LogP contribution in [0.4, 0.5) is 0 Å². The number of phosphoric ester groups is 1. The number of phosphoric acid groups is 1. The Labute approximate surface area is 377 Å². The fourth-order valence-corrected chi connectivity index (χ4v) is 7.21. The van der Waals surface area contributed by atoms with Crippen LogP contribution in [0.15, 0.2) is 48.6 Å². The number of rotatable bonds is 45. The zero-order chi connectivity index (χ0) is 45.6. The topological polar surface area (TPSA) is 155 Å². The zero-order valence-electron chi connectivity index (χ0n) is 39.3. The minimum Gasteiger partial charge on any atom is -0.462 e. The number of esters is 3. The van der Waals surface area contributed by atoms with Crippen molar-refractivity contribution in [3.63, 3.8) is 0 Å². The van der Waals surface area contributed by atoms with Crippen LogP contribution in [0.5, 0.6) is 0 Å². The third kappa shape index (κ3) is 42.7. The molecular formula is C50H89O11P. The minimum atomic E-state index is -4.74. The molecule has 360 valence electrons. The van der Waals surface area contributed by atoms with E-state index in [-0.39, 0.29) is 25.9 Å². The summed E-state index contributed by atoms with van der Waals surface area (Å²) in [4.78, 5) is 48.1. The highest BCUT2D eigenvalue weighted by Gasteiger charge is 2.28. The van der Waals surface area contributed by atoms with Gasteiger partial charge in [0, 0.05) is 19.3 Å². The number of aliphatic hydroxyl groups excluding tert-OH is 1. The first-order valence-electron chi connectivity index (χ1n) is 24.5. The van der Waals surface area contributed by atoms with Crippen LogP contribution in [0.2, 0.25) is 0 Å². The van der Waals surface area contributed by atoms with Crippen molar-refractivity contribution in [3.8, 4) is 0 Å². The summed E-state index contributed by atoms with van der Waals surface area (Å²) in [5.74, 6) is -1.50. The quantitative estimate of drug-likeness (QED) is 0.0197. The van der Waals surface area contributed by atoms with E-state index in [4.69, 9.17) is 23.3 Å². The van der Waals surface area contributed by atoms with Crippen LogP contribution < -0.4 is 0 Å². The first-order chi connectivity index (χ1) is 30.2. The molecule has 0 spiro atoms. The predicted molar refractivity (Wildman–Crippen MR) is 252 cm³/mol. The lowest BCUT2D eigenvalue weighted by Gasteiger charge is -2.21. The van der Waals surface area contributed by atoms with Crippen molar-refractivity contribution >= 4 is 25.7 Å². The molecule has 0 heterocycles. The van der Waals surface area contributed by atoms with Crippen molar-refractivity contribution in [2.45, 2.75) is 226 Å². The Hall–Kier alpha value is -2.56. The first kappa shape index (κ1) is 59.4. The summed E-state index contributed by atoms with van der Waals surface area (Å²) in [7, 11) is -4.74. The third-order valence-corrected chi connectivity index (χ3v) is 11.1. The Morgan fingerprint density at radius 3 is 1.26 bits per heavy atom. The second-order valence-corrected chi connectivity index (χ2v) is 17.7. The zero-order valence-corrected chi connectivity index (χ0v) is 40.2. The molecule has 0 fully saturated rings. The van der Waals surface area contributed by atoms with E-state index < -0.39 is 57.8 Å². The maximum atomic E-state index is 12.8. The van der Waals surface area contributed by atoms with Crippen LogP contribution in [-0.2, 0) is 42.2 Å². The summed E-state index contributed by atoms with van der Waals surface area (Å²) in [6.07, 6.45) is 43.8. The molecule has 3 unspecified atom stereocenters. The number of carbonyl (C=O) groups is 3. The smallest absolute Gasteiger partial charge is 0.462 e. The summed E-state index contributed by atoms with van der Waals surface area (Å²) >= 11 is 0. The molecule has 0 aromatic heterocycles. The standard InChI is InChI=1S/C50H89O11P/c1-4-7-10-13-16-19-21-23-25-28-30-33-36-39-48(52)57-43-47(61-50(54)41-38-35-32-29-26-24-22-20-17-14-11-8-5-2)45-59-62(55,56)58-44-46(42-51)60-49(53)40-37-34-31-27-18-15-12-9-6-3/h10-11,13-14,19-22,46-47,51H,4-9,12,15-18,23-45H2,1-3H3,(H,55,56)/b13-10-,14-11-,21-19-,22-20-. The highest BCUT2D eigenvalue weighted by atomic mass is 31.2. The lowest BCUT2D eigenvalue weighted by molar-refractivity contribution is -0.161. The van der Waals surface area contributed by atoms with E-state index in [0.29, 0.717) is 19.3 Å². The maximum absolute atomic E-state index is 12.8. The average molecular weight is 897 g/mol. The van der Waals surface area contributed by atoms with E-state index in [1.807, 2.05) is 0 Å². The molecule has 0 saturated carbocycles. The number of allylic oxidation sites excluding steroid dienone is 8. The Morgan fingerprint density at radius 2 is 0.823 bits per heavy atom. The number of ether oxygens (including phenoxy) is 3. The Bertz CT molecular complexity index is 1230. The molecule has 0 aliphatic heterocycles. The van der Waals surface area contributed by atoms with Gasteiger partial charge in [-0.3, -0.25) is 23.4 Å². The Kier molecular flexibility index (Phi) is 43.2. The van der Waals surface area contributed by atoms with E-state index >= 15 is 0 Å². The van der Waals surface area contributed by atoms with Crippen LogP contribution >= 0.6 is 7.82 Å². The van der Waals surface area contributed by atoms with Crippen LogP contribution in [0.3, 0.4) is 0 Å². The van der Waals surface area contributed by atoms with Crippen LogP contribution in [0.25, 0.3) is 0 Å². The van der Waals surface area contributed by atoms with Gasteiger partial charge in [-0.05, 0) is 70.6 Å². The molecule has 0 bridgehead atoms. The van der Waals surface area contributed by atoms with Gasteiger partial charge in [0.2, 0.25) is 0 Å². The molecule has 0 rings (SSSR count). The molecule has 0 aromatic rings. The van der Waals surface area contributed by atoms with Crippen LogP contribution in [-0.4, -0.2) is 66.5 Å². The molecule has 0 saturated heterocycles. The van der Waals surface area contributed by atoms with Gasteiger partial charge in [-0.1, -0.05) is 172 Å². The highest BCUT2D eigenvalue weighted by molar-refractivity contribution is 7.47. The van der Waals surface area contributed by atoms with E-state index in [1.54, 1.807) is 0 Å². The van der Waals surface area contributed by atoms with E-state index in [1.165, 1.54) is 38.5 Å². The van der Waals surface area contributed by atoms with Gasteiger partial charge in [0.15, 0.2) is 6.10 Å². The Balaban J connectivity index is 4.80. The van der Waals surface area contributed by atoms with E-state index in [0.717, 1.165) is 116 Å². The minimum absolute atomic E-state index is 0.149. The van der Waals surface area contributed by atoms with E-state index in [2.05, 4.69) is 69.4 Å². The molecule has 0 radical (unpaired) electrons. The molecule has 0 aromatic carbocycles. The molecule has 3 atom stereocenters. The second-order valence-electron chi connectivity index (χ2n) is 16.3. The van der Waals surface area contributed by atoms with Crippen molar-refractivity contribution in [1.29, 1.82) is 0 Å². The summed E-state index contributed by atoms with van der Waals surface area (Å²) in [5.41, 5.74) is 0. The van der Waals surface area contributed by atoms with Crippen molar-refractivity contribution in [1.82, 2.24) is 0 Å². The Morgan fingerprint density at radius 1 is 0.452 bits per heavy atom.